The molecule has 0 fully saturated rings. The molecule has 0 bridgehead atoms. The van der Waals surface area contributed by atoms with Crippen molar-refractivity contribution in [2.24, 2.45) is 0 Å². The molecule has 2 aromatic rings. The van der Waals surface area contributed by atoms with Gasteiger partial charge in [-0.2, -0.15) is 0 Å². The first-order valence-corrected chi connectivity index (χ1v) is 6.06. The Kier molecular flexibility index (Phi) is 3.94. The molecular weight excluding hydrogens is 206 g/mol. The fourth-order valence-electron chi connectivity index (χ4n) is 2.11. The van der Waals surface area contributed by atoms with Crippen LogP contribution in [0.3, 0.4) is 0 Å². The van der Waals surface area contributed by atoms with Gasteiger partial charge in [0.15, 0.2) is 0 Å². The van der Waals surface area contributed by atoms with Crippen LogP contribution in [0, 0.1) is 6.92 Å². The molecule has 0 saturated heterocycles. The van der Waals surface area contributed by atoms with Crippen LogP contribution in [-0.2, 0) is 13.0 Å². The number of hydrogen-bond donors (Lipinski definition) is 1. The minimum absolute atomic E-state index is 0.932. The summed E-state index contributed by atoms with van der Waals surface area (Å²) in [5.74, 6) is 0. The Bertz CT molecular complexity index is 488. The van der Waals surface area contributed by atoms with Gasteiger partial charge in [-0.15, -0.1) is 0 Å². The van der Waals surface area contributed by atoms with Crippen molar-refractivity contribution in [2.75, 3.05) is 7.05 Å². The topological polar surface area (TPSA) is 12.0 Å². The second-order valence-corrected chi connectivity index (χ2v) is 4.52. The molecule has 0 aliphatic rings. The molecule has 0 heterocycles. The van der Waals surface area contributed by atoms with Crippen molar-refractivity contribution in [1.29, 1.82) is 0 Å². The molecule has 0 atom stereocenters. The third kappa shape index (κ3) is 3.43. The minimum atomic E-state index is 0.932. The van der Waals surface area contributed by atoms with Crippen molar-refractivity contribution in [2.45, 2.75) is 19.9 Å². The van der Waals surface area contributed by atoms with Gasteiger partial charge in [-0.1, -0.05) is 54.1 Å². The fourth-order valence-corrected chi connectivity index (χ4v) is 2.11. The lowest BCUT2D eigenvalue weighted by atomic mass is 10.0. The van der Waals surface area contributed by atoms with Crippen LogP contribution in [0.2, 0.25) is 0 Å². The SMILES string of the molecule is CNCc1cccc(Cc2cccc(C)c2)c1. The molecule has 0 aliphatic carbocycles. The predicted octanol–water partition coefficient (Wildman–Crippen LogP) is 3.31. The first kappa shape index (κ1) is 11.9. The highest BCUT2D eigenvalue weighted by molar-refractivity contribution is 5.31. The van der Waals surface area contributed by atoms with E-state index >= 15 is 0 Å². The summed E-state index contributed by atoms with van der Waals surface area (Å²) in [4.78, 5) is 0. The van der Waals surface area contributed by atoms with E-state index in [1.54, 1.807) is 0 Å². The summed E-state index contributed by atoms with van der Waals surface area (Å²) in [6.45, 7) is 3.07. The molecule has 1 heteroatoms. The van der Waals surface area contributed by atoms with Crippen LogP contribution in [-0.4, -0.2) is 7.05 Å². The number of rotatable bonds is 4. The van der Waals surface area contributed by atoms with E-state index in [0.29, 0.717) is 0 Å². The molecule has 0 unspecified atom stereocenters. The molecule has 88 valence electrons. The van der Waals surface area contributed by atoms with Crippen molar-refractivity contribution in [3.8, 4) is 0 Å². The maximum atomic E-state index is 3.18. The number of nitrogens with one attached hydrogen (secondary N) is 1. The summed E-state index contributed by atoms with van der Waals surface area (Å²) in [5.41, 5.74) is 5.43. The van der Waals surface area contributed by atoms with Gasteiger partial charge in [0.05, 0.1) is 0 Å². The predicted molar refractivity (Wildman–Crippen MR) is 73.2 cm³/mol. The van der Waals surface area contributed by atoms with Crippen LogP contribution in [0.4, 0.5) is 0 Å². The van der Waals surface area contributed by atoms with Gasteiger partial charge in [0.25, 0.3) is 0 Å². The van der Waals surface area contributed by atoms with Gasteiger partial charge in [0.2, 0.25) is 0 Å². The van der Waals surface area contributed by atoms with E-state index in [1.807, 2.05) is 7.05 Å². The van der Waals surface area contributed by atoms with Gasteiger partial charge in [-0.3, -0.25) is 0 Å². The molecule has 0 aromatic heterocycles. The molecule has 2 rings (SSSR count). The van der Waals surface area contributed by atoms with E-state index in [4.69, 9.17) is 0 Å². The third-order valence-corrected chi connectivity index (χ3v) is 2.86. The lowest BCUT2D eigenvalue weighted by Crippen LogP contribution is -2.05. The van der Waals surface area contributed by atoms with Gasteiger partial charge in [0, 0.05) is 6.54 Å². The zero-order valence-electron chi connectivity index (χ0n) is 10.5. The van der Waals surface area contributed by atoms with Gasteiger partial charge < -0.3 is 5.32 Å². The van der Waals surface area contributed by atoms with Gasteiger partial charge >= 0.3 is 0 Å². The zero-order valence-corrected chi connectivity index (χ0v) is 10.5. The van der Waals surface area contributed by atoms with Crippen LogP contribution in [0.15, 0.2) is 48.5 Å². The molecular formula is C16H19N. The summed E-state index contributed by atoms with van der Waals surface area (Å²) in [5, 5.41) is 3.18. The molecule has 1 nitrogen and oxygen atoms in total. The number of hydrogen-bond acceptors (Lipinski definition) is 1. The van der Waals surface area contributed by atoms with E-state index in [2.05, 4.69) is 60.8 Å². The molecule has 0 amide bonds. The van der Waals surface area contributed by atoms with Crippen LogP contribution in [0.25, 0.3) is 0 Å². The molecule has 1 N–H and O–H groups in total. The Morgan fingerprint density at radius 3 is 2.24 bits per heavy atom. The van der Waals surface area contributed by atoms with Crippen LogP contribution >= 0.6 is 0 Å². The highest BCUT2D eigenvalue weighted by Crippen LogP contribution is 2.12. The first-order chi connectivity index (χ1) is 8.28. The maximum absolute atomic E-state index is 3.18. The van der Waals surface area contributed by atoms with Crippen LogP contribution < -0.4 is 5.32 Å². The smallest absolute Gasteiger partial charge is 0.0202 e. The quantitative estimate of drug-likeness (QED) is 0.841. The third-order valence-electron chi connectivity index (χ3n) is 2.86. The van der Waals surface area contributed by atoms with E-state index in [0.717, 1.165) is 13.0 Å². The second kappa shape index (κ2) is 5.65. The summed E-state index contributed by atoms with van der Waals surface area (Å²) in [6.07, 6.45) is 1.01. The summed E-state index contributed by atoms with van der Waals surface area (Å²) in [7, 11) is 1.98. The van der Waals surface area contributed by atoms with Crippen LogP contribution in [0.1, 0.15) is 22.3 Å². The lowest BCUT2D eigenvalue weighted by Gasteiger charge is -2.06. The Morgan fingerprint density at radius 1 is 0.882 bits per heavy atom. The maximum Gasteiger partial charge on any atom is 0.0202 e. The summed E-state index contributed by atoms with van der Waals surface area (Å²) in [6, 6.07) is 17.5. The monoisotopic (exact) mass is 225 g/mol. The first-order valence-electron chi connectivity index (χ1n) is 6.06. The number of aryl methyl sites for hydroxylation is 1. The van der Waals surface area contributed by atoms with Crippen molar-refractivity contribution in [3.05, 3.63) is 70.8 Å². The highest BCUT2D eigenvalue weighted by atomic mass is 14.8. The van der Waals surface area contributed by atoms with E-state index in [9.17, 15) is 0 Å². The Hall–Kier alpha value is -1.60. The highest BCUT2D eigenvalue weighted by Gasteiger charge is 1.98. The molecule has 17 heavy (non-hydrogen) atoms. The minimum Gasteiger partial charge on any atom is -0.316 e. The van der Waals surface area contributed by atoms with Crippen molar-refractivity contribution < 1.29 is 0 Å². The average molecular weight is 225 g/mol. The molecule has 0 radical (unpaired) electrons. The molecule has 0 aliphatic heterocycles. The van der Waals surface area contributed by atoms with E-state index in [-0.39, 0.29) is 0 Å². The van der Waals surface area contributed by atoms with Gasteiger partial charge in [-0.05, 0) is 37.1 Å². The molecule has 2 aromatic carbocycles. The Morgan fingerprint density at radius 2 is 1.53 bits per heavy atom. The summed E-state index contributed by atoms with van der Waals surface area (Å²) < 4.78 is 0. The number of benzene rings is 2. The largest absolute Gasteiger partial charge is 0.316 e. The van der Waals surface area contributed by atoms with Crippen molar-refractivity contribution >= 4 is 0 Å². The van der Waals surface area contributed by atoms with Crippen LogP contribution in [0.5, 0.6) is 0 Å². The summed E-state index contributed by atoms with van der Waals surface area (Å²) >= 11 is 0. The Labute approximate surface area is 103 Å². The average Bonchev–Trinajstić information content (AvgIpc) is 2.30. The van der Waals surface area contributed by atoms with Crippen molar-refractivity contribution in [3.63, 3.8) is 0 Å². The van der Waals surface area contributed by atoms with E-state index in [1.165, 1.54) is 22.3 Å². The van der Waals surface area contributed by atoms with Gasteiger partial charge in [-0.25, -0.2) is 0 Å². The van der Waals surface area contributed by atoms with Gasteiger partial charge in [0.1, 0.15) is 0 Å². The van der Waals surface area contributed by atoms with E-state index < -0.39 is 0 Å². The normalized spacial score (nSPS) is 10.5. The molecule has 0 saturated carbocycles. The zero-order chi connectivity index (χ0) is 12.1. The lowest BCUT2D eigenvalue weighted by molar-refractivity contribution is 0.816. The molecule has 0 spiro atoms. The Balaban J connectivity index is 2.15. The fraction of sp³-hybridized carbons (Fsp3) is 0.250. The standard InChI is InChI=1S/C16H19N/c1-13-5-3-6-14(9-13)10-15-7-4-8-16(11-15)12-17-2/h3-9,11,17H,10,12H2,1-2H3. The van der Waals surface area contributed by atoms with Crippen molar-refractivity contribution in [1.82, 2.24) is 5.32 Å². The second-order valence-electron chi connectivity index (χ2n) is 4.52.